The first kappa shape index (κ1) is 19.6. The topological polar surface area (TPSA) is 99.1 Å². The molecule has 1 amide bonds. The fourth-order valence-corrected chi connectivity index (χ4v) is 0.975. The maximum absolute atomic E-state index is 10.9. The lowest BCUT2D eigenvalue weighted by Gasteiger charge is -2.06. The van der Waals surface area contributed by atoms with E-state index in [0.29, 0.717) is 18.5 Å². The molecular formula is C10H23N2O5P. The Morgan fingerprint density at radius 1 is 1.39 bits per heavy atom. The van der Waals surface area contributed by atoms with Crippen LogP contribution in [0.5, 0.6) is 0 Å². The van der Waals surface area contributed by atoms with Crippen LogP contribution in [0.2, 0.25) is 0 Å². The van der Waals surface area contributed by atoms with Crippen molar-refractivity contribution in [2.45, 2.75) is 13.3 Å². The number of rotatable bonds is 6. The van der Waals surface area contributed by atoms with Gasteiger partial charge in [-0.1, -0.05) is 6.58 Å². The van der Waals surface area contributed by atoms with Crippen LogP contribution in [-0.4, -0.2) is 54.9 Å². The van der Waals surface area contributed by atoms with Gasteiger partial charge in [-0.25, -0.2) is 4.57 Å². The smallest absolute Gasteiger partial charge is 0.352 e. The van der Waals surface area contributed by atoms with Crippen molar-refractivity contribution in [3.63, 3.8) is 0 Å². The lowest BCUT2D eigenvalue weighted by Crippen LogP contribution is -2.25. The van der Waals surface area contributed by atoms with E-state index in [2.05, 4.69) is 16.4 Å². The molecule has 0 aromatic heterocycles. The van der Waals surface area contributed by atoms with E-state index in [-0.39, 0.29) is 12.5 Å². The summed E-state index contributed by atoms with van der Waals surface area (Å²) in [7, 11) is 1.62. The number of carbonyl (C=O) groups excluding carboxylic acids is 1. The Kier molecular flexibility index (Phi) is 11.1. The standard InChI is InChI=1S/C7H14NO5P.C3H9N/c1-6(2)7(9)8-4-3-5-13-14(10,11)12;1-4(2)3/h1,3-5H2,2H3,(H,8,9)(H2,10,11,12);1-3H3. The molecule has 0 aromatic rings. The summed E-state index contributed by atoms with van der Waals surface area (Å²) in [5, 5.41) is 2.50. The second-order valence-corrected chi connectivity index (χ2v) is 5.29. The van der Waals surface area contributed by atoms with Gasteiger partial charge in [-0.15, -0.1) is 0 Å². The van der Waals surface area contributed by atoms with E-state index >= 15 is 0 Å². The average Bonchev–Trinajstić information content (AvgIpc) is 2.13. The fourth-order valence-electron chi connectivity index (χ4n) is 0.608. The minimum Gasteiger partial charge on any atom is -0.352 e. The first-order chi connectivity index (χ1) is 8.06. The summed E-state index contributed by atoms with van der Waals surface area (Å²) < 4.78 is 14.4. The Bertz CT molecular complexity index is 298. The average molecular weight is 282 g/mol. The first-order valence-electron chi connectivity index (χ1n) is 5.31. The number of hydrogen-bond acceptors (Lipinski definition) is 4. The molecule has 0 heterocycles. The summed E-state index contributed by atoms with van der Waals surface area (Å²) in [4.78, 5) is 29.5. The van der Waals surface area contributed by atoms with Gasteiger partial charge in [0.15, 0.2) is 0 Å². The van der Waals surface area contributed by atoms with Crippen molar-refractivity contribution in [2.75, 3.05) is 34.3 Å². The van der Waals surface area contributed by atoms with Crippen molar-refractivity contribution in [2.24, 2.45) is 0 Å². The molecule has 18 heavy (non-hydrogen) atoms. The monoisotopic (exact) mass is 282 g/mol. The van der Waals surface area contributed by atoms with Crippen molar-refractivity contribution in [3.05, 3.63) is 12.2 Å². The highest BCUT2D eigenvalue weighted by Gasteiger charge is 2.12. The Morgan fingerprint density at radius 2 is 1.83 bits per heavy atom. The van der Waals surface area contributed by atoms with Crippen LogP contribution in [-0.2, 0) is 13.9 Å². The summed E-state index contributed by atoms with van der Waals surface area (Å²) in [6.07, 6.45) is 0.337. The molecule has 0 saturated heterocycles. The predicted octanol–water partition coefficient (Wildman–Crippen LogP) is 0.356. The molecule has 0 aliphatic heterocycles. The van der Waals surface area contributed by atoms with Gasteiger partial charge in [0.05, 0.1) is 6.61 Å². The molecule has 0 spiro atoms. The van der Waals surface area contributed by atoms with Crippen LogP contribution < -0.4 is 5.32 Å². The summed E-state index contributed by atoms with van der Waals surface area (Å²) >= 11 is 0. The quantitative estimate of drug-likeness (QED) is 0.369. The number of amides is 1. The SMILES string of the molecule is C=C(C)C(=O)NCCCOP(=O)(O)O.CN(C)C. The lowest BCUT2D eigenvalue weighted by molar-refractivity contribution is -0.117. The molecular weight excluding hydrogens is 259 g/mol. The molecule has 0 aliphatic carbocycles. The Hall–Kier alpha value is -0.720. The Morgan fingerprint density at radius 3 is 2.17 bits per heavy atom. The zero-order valence-corrected chi connectivity index (χ0v) is 12.2. The third kappa shape index (κ3) is 20.7. The van der Waals surface area contributed by atoms with Crippen molar-refractivity contribution in [3.8, 4) is 0 Å². The van der Waals surface area contributed by atoms with Crippen LogP contribution in [0.25, 0.3) is 0 Å². The summed E-state index contributed by atoms with van der Waals surface area (Å²) in [5.74, 6) is -0.277. The number of nitrogens with one attached hydrogen (secondary N) is 1. The van der Waals surface area contributed by atoms with Gasteiger partial charge in [-0.2, -0.15) is 0 Å². The molecule has 0 aromatic carbocycles. The Labute approximate surface area is 108 Å². The first-order valence-corrected chi connectivity index (χ1v) is 6.84. The zero-order chi connectivity index (χ0) is 14.8. The number of phosphoric acid groups is 1. The van der Waals surface area contributed by atoms with E-state index in [4.69, 9.17) is 9.79 Å². The van der Waals surface area contributed by atoms with Crippen molar-refractivity contribution >= 4 is 13.7 Å². The minimum absolute atomic E-state index is 0.0965. The number of hydrogen-bond donors (Lipinski definition) is 3. The maximum atomic E-state index is 10.9. The van der Waals surface area contributed by atoms with Gasteiger partial charge in [0.1, 0.15) is 0 Å². The number of carbonyl (C=O) groups is 1. The van der Waals surface area contributed by atoms with Crippen LogP contribution in [0.3, 0.4) is 0 Å². The van der Waals surface area contributed by atoms with Crippen LogP contribution in [0.4, 0.5) is 0 Å². The summed E-state index contributed by atoms with van der Waals surface area (Å²) in [6.45, 7) is 5.20. The van der Waals surface area contributed by atoms with Gasteiger partial charge >= 0.3 is 7.82 Å². The van der Waals surface area contributed by atoms with Crippen molar-refractivity contribution in [1.82, 2.24) is 10.2 Å². The highest BCUT2D eigenvalue weighted by Crippen LogP contribution is 2.35. The van der Waals surface area contributed by atoms with E-state index in [1.165, 1.54) is 0 Å². The molecule has 0 saturated carbocycles. The molecule has 0 aliphatic rings. The number of nitrogens with zero attached hydrogens (tertiary/aromatic N) is 1. The molecule has 3 N–H and O–H groups in total. The molecule has 0 radical (unpaired) electrons. The van der Waals surface area contributed by atoms with E-state index in [9.17, 15) is 9.36 Å². The van der Waals surface area contributed by atoms with Gasteiger partial charge in [0.25, 0.3) is 0 Å². The molecule has 7 nitrogen and oxygen atoms in total. The fraction of sp³-hybridized carbons (Fsp3) is 0.700. The van der Waals surface area contributed by atoms with E-state index in [1.807, 2.05) is 26.0 Å². The van der Waals surface area contributed by atoms with Crippen molar-refractivity contribution in [1.29, 1.82) is 0 Å². The van der Waals surface area contributed by atoms with Gasteiger partial charge in [0.2, 0.25) is 5.91 Å². The van der Waals surface area contributed by atoms with Crippen LogP contribution in [0, 0.1) is 0 Å². The lowest BCUT2D eigenvalue weighted by atomic mass is 10.3. The second-order valence-electron chi connectivity index (χ2n) is 4.06. The van der Waals surface area contributed by atoms with Gasteiger partial charge in [-0.3, -0.25) is 9.32 Å². The summed E-state index contributed by atoms with van der Waals surface area (Å²) in [6, 6.07) is 0. The Balaban J connectivity index is 0. The highest BCUT2D eigenvalue weighted by molar-refractivity contribution is 7.46. The minimum atomic E-state index is -4.38. The van der Waals surface area contributed by atoms with E-state index in [0.717, 1.165) is 0 Å². The van der Waals surface area contributed by atoms with Gasteiger partial charge in [0, 0.05) is 12.1 Å². The van der Waals surface area contributed by atoms with Crippen molar-refractivity contribution < 1.29 is 23.7 Å². The van der Waals surface area contributed by atoms with Crippen LogP contribution in [0.15, 0.2) is 12.2 Å². The molecule has 0 rings (SSSR count). The molecule has 108 valence electrons. The molecule has 0 fully saturated rings. The van der Waals surface area contributed by atoms with Crippen LogP contribution in [0.1, 0.15) is 13.3 Å². The van der Waals surface area contributed by atoms with Gasteiger partial charge in [-0.05, 0) is 34.5 Å². The predicted molar refractivity (Wildman–Crippen MR) is 70.0 cm³/mol. The third-order valence-electron chi connectivity index (χ3n) is 1.25. The van der Waals surface area contributed by atoms with Gasteiger partial charge < -0.3 is 20.0 Å². The largest absolute Gasteiger partial charge is 0.469 e. The molecule has 0 bridgehead atoms. The number of phosphoric ester groups is 1. The van der Waals surface area contributed by atoms with Crippen LogP contribution >= 0.6 is 7.82 Å². The normalized spacial score (nSPS) is 10.6. The molecule has 0 atom stereocenters. The third-order valence-corrected chi connectivity index (χ3v) is 1.77. The second kappa shape index (κ2) is 10.2. The molecule has 8 heteroatoms. The highest BCUT2D eigenvalue weighted by atomic mass is 31.2. The summed E-state index contributed by atoms with van der Waals surface area (Å²) in [5.41, 5.74) is 0.390. The van der Waals surface area contributed by atoms with E-state index < -0.39 is 7.82 Å². The van der Waals surface area contributed by atoms with E-state index in [1.54, 1.807) is 6.92 Å². The maximum Gasteiger partial charge on any atom is 0.469 e. The zero-order valence-electron chi connectivity index (χ0n) is 11.3. The molecule has 0 unspecified atom stereocenters.